The highest BCUT2D eigenvalue weighted by atomic mass is 15.1. The highest BCUT2D eigenvalue weighted by Crippen LogP contribution is 2.27. The molecule has 17 heavy (non-hydrogen) atoms. The second kappa shape index (κ2) is 4.18. The Bertz CT molecular complexity index is 511. The normalized spacial score (nSPS) is 13.8. The third kappa shape index (κ3) is 1.89. The standard InChI is InChI=1S/C14H15N3/c15-8-13-7-14(5-6-16-13)17-9-11-3-1-2-4-12(11)10-17/h1-7H,8-10,15H2. The van der Waals surface area contributed by atoms with Gasteiger partial charge in [0.05, 0.1) is 5.69 Å². The summed E-state index contributed by atoms with van der Waals surface area (Å²) < 4.78 is 0. The van der Waals surface area contributed by atoms with E-state index in [4.69, 9.17) is 5.73 Å². The molecule has 0 radical (unpaired) electrons. The van der Waals surface area contributed by atoms with Crippen LogP contribution in [-0.2, 0) is 19.6 Å². The van der Waals surface area contributed by atoms with Gasteiger partial charge in [-0.1, -0.05) is 24.3 Å². The molecule has 3 nitrogen and oxygen atoms in total. The summed E-state index contributed by atoms with van der Waals surface area (Å²) in [6.07, 6.45) is 1.83. The van der Waals surface area contributed by atoms with Crippen LogP contribution in [0.25, 0.3) is 0 Å². The molecule has 2 aromatic rings. The van der Waals surface area contributed by atoms with Crippen molar-refractivity contribution in [2.24, 2.45) is 5.73 Å². The highest BCUT2D eigenvalue weighted by molar-refractivity contribution is 5.51. The number of hydrogen-bond donors (Lipinski definition) is 1. The summed E-state index contributed by atoms with van der Waals surface area (Å²) in [5.41, 5.74) is 10.6. The lowest BCUT2D eigenvalue weighted by atomic mass is 10.1. The molecule has 0 aliphatic carbocycles. The van der Waals surface area contributed by atoms with E-state index in [1.165, 1.54) is 16.8 Å². The van der Waals surface area contributed by atoms with Gasteiger partial charge in [0.15, 0.2) is 0 Å². The van der Waals surface area contributed by atoms with E-state index in [2.05, 4.69) is 40.2 Å². The Balaban J connectivity index is 1.88. The van der Waals surface area contributed by atoms with Gasteiger partial charge in [0.1, 0.15) is 0 Å². The van der Waals surface area contributed by atoms with Crippen molar-refractivity contribution in [2.75, 3.05) is 4.90 Å². The Morgan fingerprint density at radius 2 is 1.82 bits per heavy atom. The van der Waals surface area contributed by atoms with Gasteiger partial charge in [0, 0.05) is 31.5 Å². The summed E-state index contributed by atoms with van der Waals surface area (Å²) in [7, 11) is 0. The number of pyridine rings is 1. The number of hydrogen-bond acceptors (Lipinski definition) is 3. The molecular formula is C14H15N3. The van der Waals surface area contributed by atoms with E-state index in [0.29, 0.717) is 6.54 Å². The molecule has 0 unspecified atom stereocenters. The average Bonchev–Trinajstić information content (AvgIpc) is 2.82. The molecule has 1 aromatic heterocycles. The number of fused-ring (bicyclic) bond motifs is 1. The van der Waals surface area contributed by atoms with Gasteiger partial charge in [-0.3, -0.25) is 4.98 Å². The summed E-state index contributed by atoms with van der Waals surface area (Å²) in [4.78, 5) is 6.58. The molecule has 1 aliphatic rings. The SMILES string of the molecule is NCc1cc(N2Cc3ccccc3C2)ccn1. The molecule has 1 aliphatic heterocycles. The van der Waals surface area contributed by atoms with Crippen LogP contribution in [0, 0.1) is 0 Å². The van der Waals surface area contributed by atoms with Crippen LogP contribution in [0.15, 0.2) is 42.6 Å². The van der Waals surface area contributed by atoms with E-state index in [0.717, 1.165) is 18.8 Å². The number of benzene rings is 1. The van der Waals surface area contributed by atoms with Crippen LogP contribution in [-0.4, -0.2) is 4.98 Å². The molecule has 2 N–H and O–H groups in total. The number of nitrogens with two attached hydrogens (primary N) is 1. The van der Waals surface area contributed by atoms with Gasteiger partial charge < -0.3 is 10.6 Å². The van der Waals surface area contributed by atoms with Crippen LogP contribution < -0.4 is 10.6 Å². The van der Waals surface area contributed by atoms with Crippen molar-refractivity contribution in [3.05, 3.63) is 59.4 Å². The smallest absolute Gasteiger partial charge is 0.0560 e. The second-order valence-corrected chi connectivity index (χ2v) is 4.33. The maximum absolute atomic E-state index is 5.62. The quantitative estimate of drug-likeness (QED) is 0.850. The summed E-state index contributed by atoms with van der Waals surface area (Å²) in [6.45, 7) is 2.45. The molecule has 3 rings (SSSR count). The molecule has 0 saturated heterocycles. The zero-order chi connectivity index (χ0) is 11.7. The van der Waals surface area contributed by atoms with E-state index in [1.54, 1.807) is 0 Å². The molecule has 1 aromatic carbocycles. The summed E-state index contributed by atoms with van der Waals surface area (Å²) in [5, 5.41) is 0. The Morgan fingerprint density at radius 1 is 1.12 bits per heavy atom. The lowest BCUT2D eigenvalue weighted by Crippen LogP contribution is -2.15. The highest BCUT2D eigenvalue weighted by Gasteiger charge is 2.18. The predicted octanol–water partition coefficient (Wildman–Crippen LogP) is 2.06. The van der Waals surface area contributed by atoms with Crippen molar-refractivity contribution in [3.63, 3.8) is 0 Å². The predicted molar refractivity (Wildman–Crippen MR) is 68.5 cm³/mol. The number of rotatable bonds is 2. The molecular weight excluding hydrogens is 210 g/mol. The summed E-state index contributed by atoms with van der Waals surface area (Å²) in [5.74, 6) is 0. The van der Waals surface area contributed by atoms with Crippen LogP contribution >= 0.6 is 0 Å². The van der Waals surface area contributed by atoms with E-state index in [-0.39, 0.29) is 0 Å². The van der Waals surface area contributed by atoms with E-state index >= 15 is 0 Å². The molecule has 0 bridgehead atoms. The lowest BCUT2D eigenvalue weighted by molar-refractivity contribution is 0.871. The summed E-state index contributed by atoms with van der Waals surface area (Å²) in [6, 6.07) is 12.7. The first-order valence-electron chi connectivity index (χ1n) is 5.83. The van der Waals surface area contributed by atoms with Crippen LogP contribution in [0.5, 0.6) is 0 Å². The zero-order valence-electron chi connectivity index (χ0n) is 9.63. The fraction of sp³-hybridized carbons (Fsp3) is 0.214. The number of anilines is 1. The molecule has 0 saturated carbocycles. The van der Waals surface area contributed by atoms with E-state index in [9.17, 15) is 0 Å². The first kappa shape index (κ1) is 10.3. The number of aromatic nitrogens is 1. The topological polar surface area (TPSA) is 42.1 Å². The largest absolute Gasteiger partial charge is 0.363 e. The van der Waals surface area contributed by atoms with Crippen LogP contribution in [0.1, 0.15) is 16.8 Å². The van der Waals surface area contributed by atoms with Crippen LogP contribution in [0.2, 0.25) is 0 Å². The van der Waals surface area contributed by atoms with Crippen LogP contribution in [0.3, 0.4) is 0 Å². The van der Waals surface area contributed by atoms with Gasteiger partial charge in [-0.25, -0.2) is 0 Å². The van der Waals surface area contributed by atoms with Crippen molar-refractivity contribution in [1.29, 1.82) is 0 Å². The minimum atomic E-state index is 0.495. The molecule has 3 heteroatoms. The second-order valence-electron chi connectivity index (χ2n) is 4.33. The minimum absolute atomic E-state index is 0.495. The minimum Gasteiger partial charge on any atom is -0.363 e. The molecule has 86 valence electrons. The molecule has 0 fully saturated rings. The summed E-state index contributed by atoms with van der Waals surface area (Å²) >= 11 is 0. The monoisotopic (exact) mass is 225 g/mol. The average molecular weight is 225 g/mol. The van der Waals surface area contributed by atoms with Gasteiger partial charge in [-0.2, -0.15) is 0 Å². The fourth-order valence-corrected chi connectivity index (χ4v) is 2.29. The van der Waals surface area contributed by atoms with Gasteiger partial charge in [-0.15, -0.1) is 0 Å². The molecule has 0 spiro atoms. The Morgan fingerprint density at radius 3 is 2.47 bits per heavy atom. The van der Waals surface area contributed by atoms with E-state index < -0.39 is 0 Å². The van der Waals surface area contributed by atoms with Gasteiger partial charge in [0.2, 0.25) is 0 Å². The van der Waals surface area contributed by atoms with Crippen molar-refractivity contribution in [3.8, 4) is 0 Å². The Hall–Kier alpha value is -1.87. The van der Waals surface area contributed by atoms with Crippen molar-refractivity contribution < 1.29 is 0 Å². The van der Waals surface area contributed by atoms with Gasteiger partial charge in [-0.05, 0) is 23.3 Å². The van der Waals surface area contributed by atoms with Crippen molar-refractivity contribution in [1.82, 2.24) is 4.98 Å². The maximum atomic E-state index is 5.62. The number of nitrogens with zero attached hydrogens (tertiary/aromatic N) is 2. The first-order chi connectivity index (χ1) is 8.36. The Labute approximate surface area is 101 Å². The molecule has 2 heterocycles. The Kier molecular flexibility index (Phi) is 2.53. The van der Waals surface area contributed by atoms with E-state index in [1.807, 2.05) is 12.3 Å². The van der Waals surface area contributed by atoms with Crippen molar-refractivity contribution >= 4 is 5.69 Å². The van der Waals surface area contributed by atoms with Gasteiger partial charge in [0.25, 0.3) is 0 Å². The molecule has 0 amide bonds. The zero-order valence-corrected chi connectivity index (χ0v) is 9.63. The van der Waals surface area contributed by atoms with Crippen molar-refractivity contribution in [2.45, 2.75) is 19.6 Å². The third-order valence-corrected chi connectivity index (χ3v) is 3.22. The third-order valence-electron chi connectivity index (χ3n) is 3.22. The maximum Gasteiger partial charge on any atom is 0.0560 e. The van der Waals surface area contributed by atoms with Gasteiger partial charge >= 0.3 is 0 Å². The first-order valence-corrected chi connectivity index (χ1v) is 5.83. The lowest BCUT2D eigenvalue weighted by Gasteiger charge is -2.18. The molecule has 0 atom stereocenters. The fourth-order valence-electron chi connectivity index (χ4n) is 2.29. The van der Waals surface area contributed by atoms with Crippen LogP contribution in [0.4, 0.5) is 5.69 Å².